The molecule has 1 N–H and O–H groups in total. The fourth-order valence-electron chi connectivity index (χ4n) is 3.90. The van der Waals surface area contributed by atoms with Gasteiger partial charge in [0, 0.05) is 37.7 Å². The van der Waals surface area contributed by atoms with E-state index in [1.54, 1.807) is 36.3 Å². The molecule has 0 saturated carbocycles. The molecule has 3 amide bonds. The molecule has 7 heteroatoms. The zero-order valence-electron chi connectivity index (χ0n) is 18.8. The molecule has 1 aliphatic rings. The van der Waals surface area contributed by atoms with Crippen LogP contribution in [0.15, 0.2) is 24.3 Å². The molecule has 2 rings (SSSR count). The zero-order chi connectivity index (χ0) is 22.3. The van der Waals surface area contributed by atoms with Crippen LogP contribution in [-0.4, -0.2) is 66.9 Å². The summed E-state index contributed by atoms with van der Waals surface area (Å²) < 4.78 is 5.15. The molecule has 166 valence electrons. The van der Waals surface area contributed by atoms with Gasteiger partial charge in [0.15, 0.2) is 0 Å². The molecule has 0 spiro atoms. The van der Waals surface area contributed by atoms with Crippen molar-refractivity contribution in [2.75, 3.05) is 33.3 Å². The van der Waals surface area contributed by atoms with Gasteiger partial charge in [-0.2, -0.15) is 0 Å². The minimum Gasteiger partial charge on any atom is -0.497 e. The van der Waals surface area contributed by atoms with Gasteiger partial charge in [-0.05, 0) is 56.9 Å². The molecule has 1 heterocycles. The predicted molar refractivity (Wildman–Crippen MR) is 116 cm³/mol. The van der Waals surface area contributed by atoms with Crippen LogP contribution in [0.3, 0.4) is 0 Å². The first-order valence-electron chi connectivity index (χ1n) is 10.8. The van der Waals surface area contributed by atoms with Crippen LogP contribution < -0.4 is 10.1 Å². The van der Waals surface area contributed by atoms with Crippen LogP contribution in [0.5, 0.6) is 5.75 Å². The molecule has 0 bridgehead atoms. The Morgan fingerprint density at radius 1 is 1.10 bits per heavy atom. The summed E-state index contributed by atoms with van der Waals surface area (Å²) >= 11 is 0. The Bertz CT molecular complexity index is 720. The van der Waals surface area contributed by atoms with Gasteiger partial charge < -0.3 is 19.9 Å². The van der Waals surface area contributed by atoms with E-state index in [9.17, 15) is 14.4 Å². The lowest BCUT2D eigenvalue weighted by Crippen LogP contribution is -2.55. The van der Waals surface area contributed by atoms with Gasteiger partial charge in [0.2, 0.25) is 11.8 Å². The Morgan fingerprint density at radius 2 is 1.67 bits per heavy atom. The van der Waals surface area contributed by atoms with E-state index in [4.69, 9.17) is 4.74 Å². The molecule has 1 aromatic carbocycles. The molecular formula is C23H35N3O4. The summed E-state index contributed by atoms with van der Waals surface area (Å²) in [5.41, 5.74) is 0.487. The lowest BCUT2D eigenvalue weighted by molar-refractivity contribution is -0.137. The van der Waals surface area contributed by atoms with Crippen LogP contribution in [0.25, 0.3) is 0 Å². The monoisotopic (exact) mass is 417 g/mol. The third-order valence-electron chi connectivity index (χ3n) is 5.80. The average Bonchev–Trinajstić information content (AvgIpc) is 2.77. The summed E-state index contributed by atoms with van der Waals surface area (Å²) in [6.45, 7) is 10.1. The summed E-state index contributed by atoms with van der Waals surface area (Å²) in [6, 6.07) is 6.24. The fraction of sp³-hybridized carbons (Fsp3) is 0.609. The minimum atomic E-state index is -0.601. The van der Waals surface area contributed by atoms with Crippen molar-refractivity contribution in [3.63, 3.8) is 0 Å². The fourth-order valence-corrected chi connectivity index (χ4v) is 3.90. The molecule has 1 fully saturated rings. The van der Waals surface area contributed by atoms with Gasteiger partial charge in [-0.1, -0.05) is 13.8 Å². The number of likely N-dealkylation sites (tertiary alicyclic amines) is 1. The predicted octanol–water partition coefficient (Wildman–Crippen LogP) is 2.56. The smallest absolute Gasteiger partial charge is 0.251 e. The van der Waals surface area contributed by atoms with Crippen molar-refractivity contribution in [2.24, 2.45) is 11.8 Å². The van der Waals surface area contributed by atoms with Crippen LogP contribution in [0.4, 0.5) is 0 Å². The van der Waals surface area contributed by atoms with Gasteiger partial charge >= 0.3 is 0 Å². The number of nitrogens with zero attached hydrogens (tertiary/aromatic N) is 2. The highest BCUT2D eigenvalue weighted by Crippen LogP contribution is 2.24. The molecular weight excluding hydrogens is 382 g/mol. The van der Waals surface area contributed by atoms with Crippen molar-refractivity contribution in [1.82, 2.24) is 15.1 Å². The number of rotatable bonds is 8. The normalized spacial score (nSPS) is 15.6. The molecule has 0 unspecified atom stereocenters. The molecule has 7 nitrogen and oxygen atoms in total. The van der Waals surface area contributed by atoms with Gasteiger partial charge in [-0.3, -0.25) is 14.4 Å². The Balaban J connectivity index is 2.15. The van der Waals surface area contributed by atoms with Crippen LogP contribution in [0.1, 0.15) is 50.9 Å². The largest absolute Gasteiger partial charge is 0.497 e. The number of hydrogen-bond acceptors (Lipinski definition) is 4. The van der Waals surface area contributed by atoms with Gasteiger partial charge in [0.1, 0.15) is 11.8 Å². The number of methoxy groups -OCH3 is 1. The highest BCUT2D eigenvalue weighted by atomic mass is 16.5. The van der Waals surface area contributed by atoms with Gasteiger partial charge in [-0.15, -0.1) is 0 Å². The number of carbonyl (C=O) groups is 3. The number of benzene rings is 1. The average molecular weight is 418 g/mol. The van der Waals surface area contributed by atoms with Crippen molar-refractivity contribution in [1.29, 1.82) is 0 Å². The van der Waals surface area contributed by atoms with Gasteiger partial charge in [-0.25, -0.2) is 0 Å². The number of ether oxygens (including phenoxy) is 1. The molecule has 0 radical (unpaired) electrons. The van der Waals surface area contributed by atoms with E-state index in [2.05, 4.69) is 5.32 Å². The summed E-state index contributed by atoms with van der Waals surface area (Å²) in [6.07, 6.45) is 1.39. The maximum atomic E-state index is 13.2. The summed E-state index contributed by atoms with van der Waals surface area (Å²) in [5, 5.41) is 2.98. The number of amides is 3. The summed E-state index contributed by atoms with van der Waals surface area (Å²) in [5.74, 6) is 0.437. The van der Waals surface area contributed by atoms with Crippen LogP contribution in [-0.2, 0) is 9.59 Å². The van der Waals surface area contributed by atoms with Gasteiger partial charge in [0.05, 0.1) is 7.11 Å². The molecule has 1 aromatic rings. The molecule has 30 heavy (non-hydrogen) atoms. The van der Waals surface area contributed by atoms with Crippen molar-refractivity contribution in [2.45, 2.75) is 46.6 Å². The minimum absolute atomic E-state index is 0.00323. The van der Waals surface area contributed by atoms with E-state index < -0.39 is 6.04 Å². The Morgan fingerprint density at radius 3 is 2.13 bits per heavy atom. The van der Waals surface area contributed by atoms with Crippen molar-refractivity contribution >= 4 is 17.7 Å². The van der Waals surface area contributed by atoms with E-state index >= 15 is 0 Å². The Hall–Kier alpha value is -2.57. The number of carbonyl (C=O) groups excluding carboxylic acids is 3. The zero-order valence-corrected chi connectivity index (χ0v) is 18.8. The van der Waals surface area contributed by atoms with Crippen molar-refractivity contribution < 1.29 is 19.1 Å². The van der Waals surface area contributed by atoms with E-state index in [1.807, 2.05) is 32.6 Å². The number of piperidine rings is 1. The molecule has 0 aliphatic carbocycles. The third kappa shape index (κ3) is 5.74. The van der Waals surface area contributed by atoms with E-state index in [1.165, 1.54) is 0 Å². The SMILES string of the molecule is CCN(CC)C(=O)[C@@H](NC(=O)c1ccc(OC)cc1)C1CCN(C(=O)C(C)C)CC1. The molecule has 0 aromatic heterocycles. The summed E-state index contributed by atoms with van der Waals surface area (Å²) in [7, 11) is 1.57. The Labute approximate surface area is 179 Å². The lowest BCUT2D eigenvalue weighted by Gasteiger charge is -2.38. The second kappa shape index (κ2) is 11.0. The van der Waals surface area contributed by atoms with Crippen molar-refractivity contribution in [3.05, 3.63) is 29.8 Å². The second-order valence-electron chi connectivity index (χ2n) is 8.01. The first kappa shape index (κ1) is 23.7. The number of likely N-dealkylation sites (N-methyl/N-ethyl adjacent to an activating group) is 1. The topological polar surface area (TPSA) is 79.0 Å². The van der Waals surface area contributed by atoms with E-state index in [0.29, 0.717) is 50.3 Å². The first-order chi connectivity index (χ1) is 14.3. The highest BCUT2D eigenvalue weighted by molar-refractivity contribution is 5.97. The first-order valence-corrected chi connectivity index (χ1v) is 10.8. The maximum absolute atomic E-state index is 13.2. The maximum Gasteiger partial charge on any atom is 0.251 e. The second-order valence-corrected chi connectivity index (χ2v) is 8.01. The van der Waals surface area contributed by atoms with Crippen molar-refractivity contribution in [3.8, 4) is 5.75 Å². The van der Waals surface area contributed by atoms with Crippen LogP contribution in [0.2, 0.25) is 0 Å². The van der Waals surface area contributed by atoms with E-state index in [-0.39, 0.29) is 29.6 Å². The molecule has 1 saturated heterocycles. The third-order valence-corrected chi connectivity index (χ3v) is 5.80. The van der Waals surface area contributed by atoms with Gasteiger partial charge in [0.25, 0.3) is 5.91 Å². The quantitative estimate of drug-likeness (QED) is 0.705. The van der Waals surface area contributed by atoms with E-state index in [0.717, 1.165) is 0 Å². The summed E-state index contributed by atoms with van der Waals surface area (Å²) in [4.78, 5) is 42.0. The highest BCUT2D eigenvalue weighted by Gasteiger charge is 2.35. The lowest BCUT2D eigenvalue weighted by atomic mass is 9.87. The standard InChI is InChI=1S/C23H35N3O4/c1-6-25(7-2)23(29)20(17-12-14-26(15-13-17)22(28)16(3)4)24-21(27)18-8-10-19(30-5)11-9-18/h8-11,16-17,20H,6-7,12-15H2,1-5H3,(H,24,27)/t20-/m0/s1. The number of hydrogen-bond donors (Lipinski definition) is 1. The van der Waals surface area contributed by atoms with Crippen LogP contribution >= 0.6 is 0 Å². The molecule has 1 atom stereocenters. The Kier molecular flexibility index (Phi) is 8.69. The molecule has 1 aliphatic heterocycles. The van der Waals surface area contributed by atoms with Crippen LogP contribution in [0, 0.1) is 11.8 Å². The number of nitrogens with one attached hydrogen (secondary N) is 1.